The van der Waals surface area contributed by atoms with E-state index in [4.69, 9.17) is 14.9 Å². The molecule has 0 heterocycles. The average Bonchev–Trinajstić information content (AvgIpc) is 2.17. The highest BCUT2D eigenvalue weighted by atomic mass is 16.5. The van der Waals surface area contributed by atoms with Gasteiger partial charge in [0.2, 0.25) is 0 Å². The number of carboxylic acid groups (broad SMARTS) is 1. The Bertz CT molecular complexity index is 333. The Hall–Kier alpha value is -1.55. The predicted octanol–water partition coefficient (Wildman–Crippen LogP) is 0.928. The number of aliphatic hydroxyl groups excluding tert-OH is 1. The van der Waals surface area contributed by atoms with Gasteiger partial charge < -0.3 is 14.9 Å². The summed E-state index contributed by atoms with van der Waals surface area (Å²) < 4.78 is 4.93. The number of rotatable bonds is 4. The van der Waals surface area contributed by atoms with Gasteiger partial charge in [-0.1, -0.05) is 12.1 Å². The summed E-state index contributed by atoms with van der Waals surface area (Å²) in [5.74, 6) is -0.714. The Morgan fingerprint density at radius 3 is 2.71 bits per heavy atom. The molecule has 1 aromatic carbocycles. The SMILES string of the molecule is COc1cccc(CCO)c1C(=O)O. The van der Waals surface area contributed by atoms with Crippen LogP contribution in [0.2, 0.25) is 0 Å². The van der Waals surface area contributed by atoms with Crippen LogP contribution in [0.25, 0.3) is 0 Å². The van der Waals surface area contributed by atoms with Crippen molar-refractivity contribution >= 4 is 5.97 Å². The fourth-order valence-electron chi connectivity index (χ4n) is 1.32. The van der Waals surface area contributed by atoms with Crippen molar-refractivity contribution in [3.63, 3.8) is 0 Å². The van der Waals surface area contributed by atoms with E-state index in [1.54, 1.807) is 18.2 Å². The summed E-state index contributed by atoms with van der Waals surface area (Å²) in [7, 11) is 1.42. The van der Waals surface area contributed by atoms with Gasteiger partial charge in [0.1, 0.15) is 11.3 Å². The van der Waals surface area contributed by atoms with Gasteiger partial charge in [0.25, 0.3) is 0 Å². The van der Waals surface area contributed by atoms with Crippen molar-refractivity contribution in [1.29, 1.82) is 0 Å². The molecule has 2 N–H and O–H groups in total. The second kappa shape index (κ2) is 4.62. The monoisotopic (exact) mass is 196 g/mol. The lowest BCUT2D eigenvalue weighted by molar-refractivity contribution is 0.0692. The fraction of sp³-hybridized carbons (Fsp3) is 0.300. The van der Waals surface area contributed by atoms with Crippen LogP contribution >= 0.6 is 0 Å². The summed E-state index contributed by atoms with van der Waals surface area (Å²) >= 11 is 0. The molecule has 0 bridgehead atoms. The molecule has 0 aliphatic heterocycles. The van der Waals surface area contributed by atoms with E-state index in [0.29, 0.717) is 17.7 Å². The van der Waals surface area contributed by atoms with Gasteiger partial charge in [0.15, 0.2) is 0 Å². The van der Waals surface area contributed by atoms with Crippen LogP contribution in [0.1, 0.15) is 15.9 Å². The van der Waals surface area contributed by atoms with Crippen molar-refractivity contribution in [2.75, 3.05) is 13.7 Å². The van der Waals surface area contributed by atoms with E-state index < -0.39 is 5.97 Å². The van der Waals surface area contributed by atoms with Crippen molar-refractivity contribution in [1.82, 2.24) is 0 Å². The first kappa shape index (κ1) is 10.5. The summed E-state index contributed by atoms with van der Waals surface area (Å²) in [5, 5.41) is 17.7. The molecule has 1 rings (SSSR count). The number of carboxylic acids is 1. The van der Waals surface area contributed by atoms with Gasteiger partial charge in [-0.05, 0) is 18.1 Å². The molecule has 0 amide bonds. The van der Waals surface area contributed by atoms with E-state index >= 15 is 0 Å². The summed E-state index contributed by atoms with van der Waals surface area (Å²) in [6, 6.07) is 4.96. The van der Waals surface area contributed by atoms with Crippen LogP contribution in [0.5, 0.6) is 5.75 Å². The minimum absolute atomic E-state index is 0.0759. The topological polar surface area (TPSA) is 66.8 Å². The average molecular weight is 196 g/mol. The summed E-state index contributed by atoms with van der Waals surface area (Å²) in [6.45, 7) is -0.0759. The van der Waals surface area contributed by atoms with Gasteiger partial charge in [-0.15, -0.1) is 0 Å². The highest BCUT2D eigenvalue weighted by Gasteiger charge is 2.15. The van der Waals surface area contributed by atoms with Crippen molar-refractivity contribution in [3.8, 4) is 5.75 Å². The molecule has 0 unspecified atom stereocenters. The molecule has 14 heavy (non-hydrogen) atoms. The Morgan fingerprint density at radius 1 is 1.50 bits per heavy atom. The molecule has 0 aliphatic carbocycles. The second-order valence-corrected chi connectivity index (χ2v) is 2.77. The number of hydrogen-bond donors (Lipinski definition) is 2. The van der Waals surface area contributed by atoms with Crippen LogP contribution in [-0.2, 0) is 6.42 Å². The second-order valence-electron chi connectivity index (χ2n) is 2.77. The first-order valence-electron chi connectivity index (χ1n) is 4.20. The van der Waals surface area contributed by atoms with Crippen LogP contribution < -0.4 is 4.74 Å². The summed E-state index contributed by atoms with van der Waals surface area (Å²) in [4.78, 5) is 10.9. The molecule has 0 saturated heterocycles. The van der Waals surface area contributed by atoms with Crippen molar-refractivity contribution < 1.29 is 19.7 Å². The standard InChI is InChI=1S/C10H12O4/c1-14-8-4-2-3-7(5-6-11)9(8)10(12)13/h2-4,11H,5-6H2,1H3,(H,12,13). The molecule has 1 aromatic rings. The predicted molar refractivity (Wildman–Crippen MR) is 50.7 cm³/mol. The molecular weight excluding hydrogens is 184 g/mol. The third-order valence-corrected chi connectivity index (χ3v) is 1.93. The molecule has 4 nitrogen and oxygen atoms in total. The minimum Gasteiger partial charge on any atom is -0.496 e. The van der Waals surface area contributed by atoms with Gasteiger partial charge in [0, 0.05) is 6.61 Å². The maximum absolute atomic E-state index is 10.9. The van der Waals surface area contributed by atoms with E-state index in [1.807, 2.05) is 0 Å². The molecule has 0 fully saturated rings. The normalized spacial score (nSPS) is 9.86. The first-order valence-corrected chi connectivity index (χ1v) is 4.20. The summed E-state index contributed by atoms with van der Waals surface area (Å²) in [5.41, 5.74) is 0.711. The van der Waals surface area contributed by atoms with Crippen LogP contribution in [0.4, 0.5) is 0 Å². The molecule has 4 heteroatoms. The lowest BCUT2D eigenvalue weighted by Gasteiger charge is -2.08. The molecule has 0 radical (unpaired) electrons. The number of hydrogen-bond acceptors (Lipinski definition) is 3. The molecule has 0 spiro atoms. The largest absolute Gasteiger partial charge is 0.496 e. The molecule has 0 aliphatic rings. The minimum atomic E-state index is -1.04. The zero-order chi connectivity index (χ0) is 10.6. The molecule has 0 aromatic heterocycles. The number of aromatic carboxylic acids is 1. The highest BCUT2D eigenvalue weighted by molar-refractivity contribution is 5.92. The van der Waals surface area contributed by atoms with E-state index in [9.17, 15) is 4.79 Å². The first-order chi connectivity index (χ1) is 6.70. The fourth-order valence-corrected chi connectivity index (χ4v) is 1.32. The maximum atomic E-state index is 10.9. The Kier molecular flexibility index (Phi) is 3.48. The van der Waals surface area contributed by atoms with Gasteiger partial charge in [-0.25, -0.2) is 4.79 Å². The summed E-state index contributed by atoms with van der Waals surface area (Å²) in [6.07, 6.45) is 0.318. The lowest BCUT2D eigenvalue weighted by atomic mass is 10.0. The van der Waals surface area contributed by atoms with Crippen LogP contribution in [0, 0.1) is 0 Å². The third kappa shape index (κ3) is 2.03. The Balaban J connectivity index is 3.20. The zero-order valence-corrected chi connectivity index (χ0v) is 7.86. The number of aliphatic hydroxyl groups is 1. The van der Waals surface area contributed by atoms with Crippen LogP contribution in [-0.4, -0.2) is 29.9 Å². The van der Waals surface area contributed by atoms with E-state index in [0.717, 1.165) is 0 Å². The highest BCUT2D eigenvalue weighted by Crippen LogP contribution is 2.22. The third-order valence-electron chi connectivity index (χ3n) is 1.93. The number of methoxy groups -OCH3 is 1. The zero-order valence-electron chi connectivity index (χ0n) is 7.86. The van der Waals surface area contributed by atoms with E-state index in [-0.39, 0.29) is 12.2 Å². The van der Waals surface area contributed by atoms with Gasteiger partial charge >= 0.3 is 5.97 Å². The number of carbonyl (C=O) groups is 1. The smallest absolute Gasteiger partial charge is 0.339 e. The molecular formula is C10H12O4. The van der Waals surface area contributed by atoms with Gasteiger partial charge in [0.05, 0.1) is 7.11 Å². The Morgan fingerprint density at radius 2 is 2.21 bits per heavy atom. The van der Waals surface area contributed by atoms with Gasteiger partial charge in [-0.2, -0.15) is 0 Å². The molecule has 76 valence electrons. The number of ether oxygens (including phenoxy) is 1. The van der Waals surface area contributed by atoms with Crippen LogP contribution in [0.15, 0.2) is 18.2 Å². The molecule has 0 saturated carbocycles. The lowest BCUT2D eigenvalue weighted by Crippen LogP contribution is -2.06. The van der Waals surface area contributed by atoms with Crippen molar-refractivity contribution in [2.24, 2.45) is 0 Å². The Labute approximate surface area is 81.8 Å². The van der Waals surface area contributed by atoms with Crippen molar-refractivity contribution in [3.05, 3.63) is 29.3 Å². The van der Waals surface area contributed by atoms with E-state index in [2.05, 4.69) is 0 Å². The number of benzene rings is 1. The van der Waals surface area contributed by atoms with E-state index in [1.165, 1.54) is 7.11 Å². The van der Waals surface area contributed by atoms with Gasteiger partial charge in [-0.3, -0.25) is 0 Å². The molecule has 0 atom stereocenters. The maximum Gasteiger partial charge on any atom is 0.339 e. The van der Waals surface area contributed by atoms with Crippen LogP contribution in [0.3, 0.4) is 0 Å². The van der Waals surface area contributed by atoms with Crippen molar-refractivity contribution in [2.45, 2.75) is 6.42 Å². The quantitative estimate of drug-likeness (QED) is 0.751.